The van der Waals surface area contributed by atoms with Gasteiger partial charge in [-0.1, -0.05) is 11.6 Å². The van der Waals surface area contributed by atoms with Crippen molar-refractivity contribution in [2.75, 3.05) is 33.3 Å². The van der Waals surface area contributed by atoms with Crippen LogP contribution in [0.1, 0.15) is 5.56 Å². The first kappa shape index (κ1) is 13.5. The molecule has 0 atom stereocenters. The smallest absolute Gasteiger partial charge is 0.153 e. The molecule has 1 fully saturated rings. The fourth-order valence-electron chi connectivity index (χ4n) is 2.00. The second-order valence-electron chi connectivity index (χ2n) is 4.19. The summed E-state index contributed by atoms with van der Waals surface area (Å²) in [6.45, 7) is 3.41. The van der Waals surface area contributed by atoms with Crippen LogP contribution in [0.4, 0.5) is 8.78 Å². The molecular weight excluding hydrogens is 262 g/mol. The molecule has 1 aliphatic heterocycles. The van der Waals surface area contributed by atoms with E-state index in [0.717, 1.165) is 32.2 Å². The molecule has 6 heteroatoms. The number of hydrogen-bond donors (Lipinski definition) is 1. The molecule has 0 bridgehead atoms. The molecule has 1 saturated heterocycles. The maximum Gasteiger partial charge on any atom is 0.153 e. The van der Waals surface area contributed by atoms with Gasteiger partial charge in [0.05, 0.1) is 7.11 Å². The molecule has 18 heavy (non-hydrogen) atoms. The Morgan fingerprint density at radius 3 is 2.67 bits per heavy atom. The van der Waals surface area contributed by atoms with Crippen LogP contribution in [0.2, 0.25) is 5.02 Å². The van der Waals surface area contributed by atoms with Gasteiger partial charge in [0.1, 0.15) is 16.6 Å². The van der Waals surface area contributed by atoms with Crippen LogP contribution >= 0.6 is 11.6 Å². The fraction of sp³-hybridized carbons (Fsp3) is 0.500. The van der Waals surface area contributed by atoms with Crippen molar-refractivity contribution >= 4 is 11.6 Å². The minimum absolute atomic E-state index is 0.00250. The Bertz CT molecular complexity index is 437. The van der Waals surface area contributed by atoms with E-state index >= 15 is 0 Å². The summed E-state index contributed by atoms with van der Waals surface area (Å²) in [4.78, 5) is 1.99. The first-order chi connectivity index (χ1) is 8.63. The van der Waals surface area contributed by atoms with E-state index in [0.29, 0.717) is 0 Å². The van der Waals surface area contributed by atoms with E-state index in [1.165, 1.54) is 7.11 Å². The lowest BCUT2D eigenvalue weighted by Crippen LogP contribution is -2.43. The first-order valence-corrected chi connectivity index (χ1v) is 6.14. The summed E-state index contributed by atoms with van der Waals surface area (Å²) >= 11 is 5.79. The van der Waals surface area contributed by atoms with Crippen LogP contribution in [0.25, 0.3) is 0 Å². The molecule has 1 heterocycles. The Morgan fingerprint density at radius 2 is 2.06 bits per heavy atom. The van der Waals surface area contributed by atoms with E-state index in [1.807, 2.05) is 4.90 Å². The van der Waals surface area contributed by atoms with Gasteiger partial charge in [0.15, 0.2) is 5.82 Å². The van der Waals surface area contributed by atoms with E-state index in [2.05, 4.69) is 5.32 Å². The summed E-state index contributed by atoms with van der Waals surface area (Å²) in [6, 6.07) is 1.13. The summed E-state index contributed by atoms with van der Waals surface area (Å²) in [5.74, 6) is -1.32. The minimum atomic E-state index is -0.730. The number of nitrogens with one attached hydrogen (secondary N) is 1. The van der Waals surface area contributed by atoms with Gasteiger partial charge < -0.3 is 10.1 Å². The average Bonchev–Trinajstić information content (AvgIpc) is 2.40. The van der Waals surface area contributed by atoms with Gasteiger partial charge in [-0.3, -0.25) is 4.90 Å². The Labute approximate surface area is 110 Å². The number of benzene rings is 1. The van der Waals surface area contributed by atoms with Crippen LogP contribution < -0.4 is 10.1 Å². The van der Waals surface area contributed by atoms with Crippen molar-refractivity contribution < 1.29 is 13.5 Å². The largest absolute Gasteiger partial charge is 0.495 e. The van der Waals surface area contributed by atoms with Crippen molar-refractivity contribution in [1.82, 2.24) is 10.2 Å². The van der Waals surface area contributed by atoms with Gasteiger partial charge in [0, 0.05) is 44.4 Å². The van der Waals surface area contributed by atoms with Crippen molar-refractivity contribution in [2.24, 2.45) is 0 Å². The maximum atomic E-state index is 14.0. The Morgan fingerprint density at radius 1 is 1.39 bits per heavy atom. The van der Waals surface area contributed by atoms with E-state index in [1.54, 1.807) is 0 Å². The maximum absolute atomic E-state index is 14.0. The summed E-state index contributed by atoms with van der Waals surface area (Å²) in [7, 11) is 1.33. The third-order valence-corrected chi connectivity index (χ3v) is 3.38. The minimum Gasteiger partial charge on any atom is -0.495 e. The van der Waals surface area contributed by atoms with E-state index in [9.17, 15) is 8.78 Å². The monoisotopic (exact) mass is 276 g/mol. The summed E-state index contributed by atoms with van der Waals surface area (Å²) in [5, 5.41) is 3.02. The van der Waals surface area contributed by atoms with Crippen LogP contribution in [0.5, 0.6) is 5.75 Å². The van der Waals surface area contributed by atoms with Crippen LogP contribution in [-0.4, -0.2) is 38.2 Å². The topological polar surface area (TPSA) is 24.5 Å². The molecule has 0 spiro atoms. The van der Waals surface area contributed by atoms with Gasteiger partial charge in [0.2, 0.25) is 0 Å². The highest BCUT2D eigenvalue weighted by atomic mass is 35.5. The second-order valence-corrected chi connectivity index (χ2v) is 4.57. The predicted octanol–water partition coefficient (Wildman–Crippen LogP) is 2.03. The molecular formula is C12H15ClF2N2O. The van der Waals surface area contributed by atoms with E-state index < -0.39 is 11.6 Å². The Hall–Kier alpha value is -0.910. The van der Waals surface area contributed by atoms with Gasteiger partial charge >= 0.3 is 0 Å². The lowest BCUT2D eigenvalue weighted by molar-refractivity contribution is 0.227. The van der Waals surface area contributed by atoms with Gasteiger partial charge in [-0.25, -0.2) is 8.78 Å². The van der Waals surface area contributed by atoms with Crippen LogP contribution in [0.3, 0.4) is 0 Å². The molecule has 0 radical (unpaired) electrons. The SMILES string of the molecule is COc1cc(F)c(CN2CCNCC2)c(F)c1Cl. The highest BCUT2D eigenvalue weighted by Crippen LogP contribution is 2.32. The zero-order valence-corrected chi connectivity index (χ0v) is 10.9. The van der Waals surface area contributed by atoms with Crippen LogP contribution in [-0.2, 0) is 6.54 Å². The second kappa shape index (κ2) is 5.82. The molecule has 0 saturated carbocycles. The highest BCUT2D eigenvalue weighted by molar-refractivity contribution is 6.32. The first-order valence-electron chi connectivity index (χ1n) is 5.77. The number of methoxy groups -OCH3 is 1. The summed E-state index contributed by atoms with van der Waals surface area (Å²) in [6.07, 6.45) is 0. The van der Waals surface area contributed by atoms with Crippen molar-refractivity contribution in [3.63, 3.8) is 0 Å². The van der Waals surface area contributed by atoms with Gasteiger partial charge in [-0.05, 0) is 0 Å². The molecule has 1 N–H and O–H groups in total. The molecule has 100 valence electrons. The lowest BCUT2D eigenvalue weighted by atomic mass is 10.1. The molecule has 1 aromatic rings. The number of hydrogen-bond acceptors (Lipinski definition) is 3. The Kier molecular flexibility index (Phi) is 4.37. The summed E-state index contributed by atoms with van der Waals surface area (Å²) < 4.78 is 32.6. The van der Waals surface area contributed by atoms with Gasteiger partial charge in [0.25, 0.3) is 0 Å². The predicted molar refractivity (Wildman–Crippen MR) is 66.1 cm³/mol. The fourth-order valence-corrected chi connectivity index (χ4v) is 2.24. The van der Waals surface area contributed by atoms with Gasteiger partial charge in [-0.15, -0.1) is 0 Å². The molecule has 2 rings (SSSR count). The number of halogens is 3. The molecule has 0 amide bonds. The molecule has 0 aromatic heterocycles. The normalized spacial score (nSPS) is 16.9. The number of ether oxygens (including phenoxy) is 1. The van der Waals surface area contributed by atoms with Crippen LogP contribution in [0, 0.1) is 11.6 Å². The Balaban J connectivity index is 2.24. The third kappa shape index (κ3) is 2.74. The summed E-state index contributed by atoms with van der Waals surface area (Å²) in [5.41, 5.74) is 0.00250. The molecule has 1 aromatic carbocycles. The molecule has 0 aliphatic carbocycles. The standard InChI is InChI=1S/C12H15ClF2N2O/c1-18-10-6-9(14)8(12(15)11(10)13)7-17-4-2-16-3-5-17/h6,16H,2-5,7H2,1H3. The number of piperazine rings is 1. The molecule has 1 aliphatic rings. The van der Waals surface area contributed by atoms with Gasteiger partial charge in [-0.2, -0.15) is 0 Å². The quantitative estimate of drug-likeness (QED) is 0.855. The zero-order chi connectivity index (χ0) is 13.1. The average molecular weight is 277 g/mol. The lowest BCUT2D eigenvalue weighted by Gasteiger charge is -2.27. The van der Waals surface area contributed by atoms with Crippen molar-refractivity contribution in [3.8, 4) is 5.75 Å². The molecule has 0 unspecified atom stereocenters. The number of nitrogens with zero attached hydrogens (tertiary/aromatic N) is 1. The van der Waals surface area contributed by atoms with Crippen molar-refractivity contribution in [1.29, 1.82) is 0 Å². The zero-order valence-electron chi connectivity index (χ0n) is 10.1. The van der Waals surface area contributed by atoms with Crippen molar-refractivity contribution in [2.45, 2.75) is 6.54 Å². The molecule has 3 nitrogen and oxygen atoms in total. The third-order valence-electron chi connectivity index (χ3n) is 3.03. The number of rotatable bonds is 3. The highest BCUT2D eigenvalue weighted by Gasteiger charge is 2.20. The van der Waals surface area contributed by atoms with Crippen molar-refractivity contribution in [3.05, 3.63) is 28.3 Å². The van der Waals surface area contributed by atoms with Crippen LogP contribution in [0.15, 0.2) is 6.07 Å². The van der Waals surface area contributed by atoms with E-state index in [-0.39, 0.29) is 22.9 Å². The van der Waals surface area contributed by atoms with E-state index in [4.69, 9.17) is 16.3 Å².